The third-order valence-electron chi connectivity index (χ3n) is 4.35. The van der Waals surface area contributed by atoms with Crippen molar-refractivity contribution in [3.05, 3.63) is 24.3 Å². The monoisotopic (exact) mass is 349 g/mol. The lowest BCUT2D eigenvalue weighted by atomic mass is 9.63. The summed E-state index contributed by atoms with van der Waals surface area (Å²) in [6, 6.07) is 4.44. The van der Waals surface area contributed by atoms with Gasteiger partial charge in [0, 0.05) is 18.5 Å². The summed E-state index contributed by atoms with van der Waals surface area (Å²) in [5.74, 6) is -0.552. The van der Waals surface area contributed by atoms with Crippen molar-refractivity contribution < 1.29 is 31.1 Å². The van der Waals surface area contributed by atoms with Crippen molar-refractivity contribution in [3.8, 4) is 5.75 Å². The lowest BCUT2D eigenvalue weighted by Crippen LogP contribution is -2.64. The Morgan fingerprint density at radius 1 is 1.26 bits per heavy atom. The number of carbonyl (C=O) groups is 1. The summed E-state index contributed by atoms with van der Waals surface area (Å²) in [7, 11) is -3.71. The fourth-order valence-corrected chi connectivity index (χ4v) is 5.39. The number of hydrogen-bond donors (Lipinski definition) is 0. The predicted octanol–water partition coefficient (Wildman–Crippen LogP) is 1.98. The summed E-state index contributed by atoms with van der Waals surface area (Å²) in [5.41, 5.74) is -0.140. The minimum Gasteiger partial charge on any atom is -0.406 e. The van der Waals surface area contributed by atoms with Gasteiger partial charge < -0.3 is 9.64 Å². The molecular formula is C14H14F3NO4S. The molecule has 0 radical (unpaired) electrons. The summed E-state index contributed by atoms with van der Waals surface area (Å²) in [5, 5.41) is -0.627. The van der Waals surface area contributed by atoms with Crippen molar-refractivity contribution in [1.29, 1.82) is 0 Å². The number of rotatable bonds is 4. The van der Waals surface area contributed by atoms with Crippen LogP contribution < -0.4 is 4.74 Å². The zero-order chi connectivity index (χ0) is 16.9. The SMILES string of the molecule is O=CN1CC2(CC(S(=O)(=O)c3cccc(OC(F)(F)F)c3)C2)C1. The molecule has 5 nitrogen and oxygen atoms in total. The fraction of sp³-hybridized carbons (Fsp3) is 0.500. The van der Waals surface area contributed by atoms with Crippen molar-refractivity contribution in [3.63, 3.8) is 0 Å². The van der Waals surface area contributed by atoms with Gasteiger partial charge in [0.05, 0.1) is 10.1 Å². The highest BCUT2D eigenvalue weighted by Crippen LogP contribution is 2.51. The average Bonchev–Trinajstić information content (AvgIpc) is 2.34. The minimum absolute atomic E-state index is 0.140. The molecule has 3 rings (SSSR count). The van der Waals surface area contributed by atoms with Crippen LogP contribution >= 0.6 is 0 Å². The number of hydrogen-bond acceptors (Lipinski definition) is 4. The Hall–Kier alpha value is -1.77. The van der Waals surface area contributed by atoms with Crippen LogP contribution in [-0.2, 0) is 14.6 Å². The number of benzene rings is 1. The van der Waals surface area contributed by atoms with Crippen LogP contribution in [0, 0.1) is 5.41 Å². The maximum atomic E-state index is 12.5. The summed E-state index contributed by atoms with van der Waals surface area (Å²) in [6.45, 7) is 1.08. The maximum absolute atomic E-state index is 12.5. The van der Waals surface area contributed by atoms with Crippen LogP contribution in [-0.4, -0.2) is 44.4 Å². The Bertz CT molecular complexity index is 718. The van der Waals surface area contributed by atoms with Gasteiger partial charge in [0.2, 0.25) is 6.41 Å². The molecule has 0 aromatic heterocycles. The van der Waals surface area contributed by atoms with Gasteiger partial charge >= 0.3 is 6.36 Å². The second kappa shape index (κ2) is 5.12. The molecule has 1 saturated carbocycles. The molecule has 0 unspecified atom stereocenters. The average molecular weight is 349 g/mol. The number of likely N-dealkylation sites (tertiary alicyclic amines) is 1. The third-order valence-corrected chi connectivity index (χ3v) is 6.48. The van der Waals surface area contributed by atoms with Gasteiger partial charge in [0.15, 0.2) is 9.84 Å². The van der Waals surface area contributed by atoms with Gasteiger partial charge in [-0.25, -0.2) is 8.42 Å². The number of halogens is 3. The first-order valence-electron chi connectivity index (χ1n) is 6.93. The molecule has 126 valence electrons. The highest BCUT2D eigenvalue weighted by Gasteiger charge is 2.56. The minimum atomic E-state index is -4.87. The molecule has 0 N–H and O–H groups in total. The van der Waals surface area contributed by atoms with Crippen LogP contribution in [0.2, 0.25) is 0 Å². The molecule has 1 heterocycles. The van der Waals surface area contributed by atoms with Gasteiger partial charge in [-0.05, 0) is 31.0 Å². The predicted molar refractivity (Wildman–Crippen MR) is 73.4 cm³/mol. The van der Waals surface area contributed by atoms with Crippen molar-refractivity contribution in [2.24, 2.45) is 5.41 Å². The van der Waals surface area contributed by atoms with E-state index < -0.39 is 27.2 Å². The highest BCUT2D eigenvalue weighted by atomic mass is 32.2. The smallest absolute Gasteiger partial charge is 0.406 e. The van der Waals surface area contributed by atoms with E-state index in [1.807, 2.05) is 0 Å². The normalized spacial score (nSPS) is 20.7. The Morgan fingerprint density at radius 3 is 2.48 bits per heavy atom. The molecule has 2 fully saturated rings. The molecule has 0 bridgehead atoms. The fourth-order valence-electron chi connectivity index (χ4n) is 3.31. The summed E-state index contributed by atoms with van der Waals surface area (Å²) >= 11 is 0. The van der Waals surface area contributed by atoms with Gasteiger partial charge in [0.25, 0.3) is 0 Å². The van der Waals surface area contributed by atoms with Crippen LogP contribution in [0.1, 0.15) is 12.8 Å². The van der Waals surface area contributed by atoms with E-state index >= 15 is 0 Å². The molecule has 23 heavy (non-hydrogen) atoms. The van der Waals surface area contributed by atoms with E-state index in [-0.39, 0.29) is 10.3 Å². The van der Waals surface area contributed by atoms with Crippen LogP contribution in [0.5, 0.6) is 5.75 Å². The molecule has 1 aromatic carbocycles. The second-order valence-corrected chi connectivity index (χ2v) is 8.34. The molecule has 1 aromatic rings. The zero-order valence-corrected chi connectivity index (χ0v) is 12.7. The van der Waals surface area contributed by atoms with Crippen LogP contribution in [0.3, 0.4) is 0 Å². The molecule has 1 aliphatic heterocycles. The Kier molecular flexibility index (Phi) is 3.58. The summed E-state index contributed by atoms with van der Waals surface area (Å²) < 4.78 is 65.4. The topological polar surface area (TPSA) is 63.7 Å². The number of ether oxygens (including phenoxy) is 1. The van der Waals surface area contributed by atoms with Gasteiger partial charge in [-0.3, -0.25) is 4.79 Å². The molecule has 9 heteroatoms. The van der Waals surface area contributed by atoms with Gasteiger partial charge in [-0.1, -0.05) is 6.07 Å². The van der Waals surface area contributed by atoms with Crippen molar-refractivity contribution in [2.75, 3.05) is 13.1 Å². The third kappa shape index (κ3) is 3.01. The molecule has 1 saturated heterocycles. The molecule has 1 aliphatic carbocycles. The van der Waals surface area contributed by atoms with E-state index in [9.17, 15) is 26.4 Å². The van der Waals surface area contributed by atoms with E-state index in [1.54, 1.807) is 4.90 Å². The van der Waals surface area contributed by atoms with Crippen LogP contribution in [0.4, 0.5) is 13.2 Å². The molecule has 0 atom stereocenters. The lowest BCUT2D eigenvalue weighted by Gasteiger charge is -2.57. The van der Waals surface area contributed by atoms with E-state index in [2.05, 4.69) is 4.74 Å². The number of amides is 1. The Labute approximate surface area is 130 Å². The zero-order valence-electron chi connectivity index (χ0n) is 11.9. The first kappa shape index (κ1) is 16.1. The largest absolute Gasteiger partial charge is 0.573 e. The quantitative estimate of drug-likeness (QED) is 0.780. The molecule has 1 amide bonds. The van der Waals surface area contributed by atoms with Crippen molar-refractivity contribution >= 4 is 16.2 Å². The standard InChI is InChI=1S/C14H14F3NO4S/c15-14(16,17)22-10-2-1-3-11(4-10)23(20,21)12-5-13(6-12)7-18(8-13)9-19/h1-4,9,12H,5-8H2. The highest BCUT2D eigenvalue weighted by molar-refractivity contribution is 7.92. The number of alkyl halides is 3. The molecule has 1 spiro atoms. The first-order chi connectivity index (χ1) is 10.6. The van der Waals surface area contributed by atoms with E-state index in [1.165, 1.54) is 12.1 Å². The number of nitrogens with zero attached hydrogens (tertiary/aromatic N) is 1. The maximum Gasteiger partial charge on any atom is 0.573 e. The first-order valence-corrected chi connectivity index (χ1v) is 8.47. The second-order valence-electron chi connectivity index (χ2n) is 6.11. The lowest BCUT2D eigenvalue weighted by molar-refractivity contribution is -0.274. The van der Waals surface area contributed by atoms with Crippen LogP contribution in [0.25, 0.3) is 0 Å². The number of sulfone groups is 1. The Balaban J connectivity index is 1.72. The Morgan fingerprint density at radius 2 is 1.91 bits per heavy atom. The van der Waals surface area contributed by atoms with Crippen molar-refractivity contribution in [1.82, 2.24) is 4.90 Å². The summed E-state index contributed by atoms with van der Waals surface area (Å²) in [6.07, 6.45) is -3.30. The van der Waals surface area contributed by atoms with E-state index in [4.69, 9.17) is 0 Å². The van der Waals surface area contributed by atoms with Gasteiger partial charge in [-0.2, -0.15) is 0 Å². The van der Waals surface area contributed by atoms with Gasteiger partial charge in [-0.15, -0.1) is 13.2 Å². The van der Waals surface area contributed by atoms with E-state index in [0.717, 1.165) is 18.5 Å². The van der Waals surface area contributed by atoms with Crippen molar-refractivity contribution in [2.45, 2.75) is 29.3 Å². The molecule has 2 aliphatic rings. The van der Waals surface area contributed by atoms with Crippen LogP contribution in [0.15, 0.2) is 29.2 Å². The van der Waals surface area contributed by atoms with E-state index in [0.29, 0.717) is 25.9 Å². The summed E-state index contributed by atoms with van der Waals surface area (Å²) in [4.78, 5) is 12.0. The number of carbonyl (C=O) groups excluding carboxylic acids is 1. The molecular weight excluding hydrogens is 335 g/mol. The van der Waals surface area contributed by atoms with Gasteiger partial charge in [0.1, 0.15) is 5.75 Å².